The third-order valence-corrected chi connectivity index (χ3v) is 10.5. The van der Waals surface area contributed by atoms with Gasteiger partial charge in [0.15, 0.2) is 0 Å². The van der Waals surface area contributed by atoms with Gasteiger partial charge < -0.3 is 30.3 Å². The fourth-order valence-corrected chi connectivity index (χ4v) is 7.56. The number of nitrogens with zero attached hydrogens (tertiary/aromatic N) is 1. The molecule has 2 amide bonds. The number of nitriles is 1. The summed E-state index contributed by atoms with van der Waals surface area (Å²) in [5.74, 6) is -4.45. The number of hydrogen-bond donors (Lipinski definition) is 4. The molecule has 4 fully saturated rings. The molecule has 5 rings (SSSR count). The quantitative estimate of drug-likeness (QED) is 0.321. The molecule has 4 N–H and O–H groups in total. The summed E-state index contributed by atoms with van der Waals surface area (Å²) in [4.78, 5) is 38.7. The lowest BCUT2D eigenvalue weighted by Crippen LogP contribution is -2.53. The van der Waals surface area contributed by atoms with Crippen molar-refractivity contribution < 1.29 is 42.9 Å². The van der Waals surface area contributed by atoms with Crippen LogP contribution in [0.4, 0.5) is 8.78 Å². The molecule has 4 atom stereocenters. The second-order valence-corrected chi connectivity index (χ2v) is 13.5. The second kappa shape index (κ2) is 12.1. The van der Waals surface area contributed by atoms with Gasteiger partial charge in [-0.2, -0.15) is 5.26 Å². The number of ether oxygens (including phenoxy) is 2. The number of benzene rings is 1. The van der Waals surface area contributed by atoms with E-state index in [2.05, 4.69) is 16.7 Å². The van der Waals surface area contributed by atoms with Crippen LogP contribution in [0.15, 0.2) is 12.1 Å². The molecule has 1 aromatic rings. The number of carboxylic acid groups (broad SMARTS) is 1. The molecule has 4 unspecified atom stereocenters. The number of methoxy groups -OCH3 is 1. The first-order valence-electron chi connectivity index (χ1n) is 15.5. The van der Waals surface area contributed by atoms with Crippen LogP contribution in [-0.4, -0.2) is 65.3 Å². The Hall–Kier alpha value is -3.46. The highest BCUT2D eigenvalue weighted by Crippen LogP contribution is 2.49. The third kappa shape index (κ3) is 6.48. The maximum absolute atomic E-state index is 13.7. The first-order valence-corrected chi connectivity index (χ1v) is 15.5. The number of hydrogen-bond acceptors (Lipinski definition) is 7. The van der Waals surface area contributed by atoms with Gasteiger partial charge in [-0.3, -0.25) is 14.4 Å². The minimum Gasteiger partial charge on any atom is -0.496 e. The van der Waals surface area contributed by atoms with Gasteiger partial charge in [0.25, 0.3) is 5.91 Å². The molecule has 4 aliphatic carbocycles. The average Bonchev–Trinajstić information content (AvgIpc) is 3.61. The summed E-state index contributed by atoms with van der Waals surface area (Å²) in [7, 11) is 1.39. The Kier molecular flexibility index (Phi) is 8.82. The Balaban J connectivity index is 1.28. The minimum absolute atomic E-state index is 0.0557. The lowest BCUT2D eigenvalue weighted by molar-refractivity contribution is -0.150. The fourth-order valence-electron chi connectivity index (χ4n) is 7.56. The highest BCUT2D eigenvalue weighted by Gasteiger charge is 2.52. The van der Waals surface area contributed by atoms with Gasteiger partial charge in [-0.15, -0.1) is 0 Å². The molecule has 12 heteroatoms. The van der Waals surface area contributed by atoms with Crippen LogP contribution in [0.2, 0.25) is 0 Å². The minimum atomic E-state index is -2.80. The number of carbonyl (C=O) groups excluding carboxylic acids is 2. The number of aliphatic hydroxyl groups is 1. The van der Waals surface area contributed by atoms with Gasteiger partial charge >= 0.3 is 5.97 Å². The van der Waals surface area contributed by atoms with E-state index in [1.807, 2.05) is 0 Å². The van der Waals surface area contributed by atoms with Gasteiger partial charge in [-0.25, -0.2) is 8.78 Å². The molecule has 4 saturated carbocycles. The largest absolute Gasteiger partial charge is 0.496 e. The van der Waals surface area contributed by atoms with Gasteiger partial charge in [0.2, 0.25) is 11.8 Å². The Bertz CT molecular complexity index is 1330. The number of aliphatic carboxylic acids is 1. The molecule has 44 heavy (non-hydrogen) atoms. The third-order valence-electron chi connectivity index (χ3n) is 10.5. The van der Waals surface area contributed by atoms with Crippen LogP contribution in [0.1, 0.15) is 93.5 Å². The number of nitrogens with one attached hydrogen (secondary N) is 2. The van der Waals surface area contributed by atoms with E-state index in [9.17, 15) is 38.6 Å². The van der Waals surface area contributed by atoms with E-state index in [0.29, 0.717) is 25.7 Å². The maximum atomic E-state index is 13.7. The van der Waals surface area contributed by atoms with Crippen molar-refractivity contribution in [3.05, 3.63) is 23.3 Å². The van der Waals surface area contributed by atoms with Crippen molar-refractivity contribution >= 4 is 17.8 Å². The van der Waals surface area contributed by atoms with E-state index in [-0.39, 0.29) is 65.9 Å². The topological polar surface area (TPSA) is 158 Å². The Morgan fingerprint density at radius 3 is 2.30 bits per heavy atom. The lowest BCUT2D eigenvalue weighted by atomic mass is 9.75. The summed E-state index contributed by atoms with van der Waals surface area (Å²) >= 11 is 0. The highest BCUT2D eigenvalue weighted by molar-refractivity contribution is 5.98. The van der Waals surface area contributed by atoms with Gasteiger partial charge in [0.05, 0.1) is 41.3 Å². The van der Waals surface area contributed by atoms with E-state index in [1.54, 1.807) is 6.92 Å². The zero-order valence-electron chi connectivity index (χ0n) is 25.2. The first-order chi connectivity index (χ1) is 20.8. The summed E-state index contributed by atoms with van der Waals surface area (Å²) in [6.45, 7) is 1.59. The standard InChI is InChI=1S/C32H41F2N3O7/c1-30(29(40)41)7-5-21(6-8-30)44-23-15-22(24(43-2)14-20(23)16-35)27(38)37-26-19-4-3-18(13-19)25(26)28(39)36-17-31(42)9-11-32(33,34)12-10-31/h14-15,18-19,21,25-26,42H,3-13,17H2,1-2H3,(H,36,39)(H,37,38)(H,40,41). The van der Waals surface area contributed by atoms with Crippen molar-refractivity contribution in [2.75, 3.05) is 13.7 Å². The summed E-state index contributed by atoms with van der Waals surface area (Å²) < 4.78 is 38.8. The van der Waals surface area contributed by atoms with Crippen LogP contribution in [0, 0.1) is 34.5 Å². The zero-order valence-corrected chi connectivity index (χ0v) is 25.2. The van der Waals surface area contributed by atoms with Gasteiger partial charge in [-0.05, 0) is 82.6 Å². The number of carbonyl (C=O) groups is 3. The van der Waals surface area contributed by atoms with Gasteiger partial charge in [0.1, 0.15) is 17.6 Å². The lowest BCUT2D eigenvalue weighted by Gasteiger charge is -2.37. The van der Waals surface area contributed by atoms with Crippen LogP contribution in [0.5, 0.6) is 11.5 Å². The Morgan fingerprint density at radius 1 is 1.02 bits per heavy atom. The summed E-state index contributed by atoms with van der Waals surface area (Å²) in [6, 6.07) is 4.52. The Morgan fingerprint density at radius 2 is 1.68 bits per heavy atom. The van der Waals surface area contributed by atoms with Crippen LogP contribution < -0.4 is 20.1 Å². The van der Waals surface area contributed by atoms with Crippen LogP contribution in [0.25, 0.3) is 0 Å². The predicted octanol–water partition coefficient (Wildman–Crippen LogP) is 4.18. The van der Waals surface area contributed by atoms with E-state index in [0.717, 1.165) is 19.3 Å². The highest BCUT2D eigenvalue weighted by atomic mass is 19.3. The summed E-state index contributed by atoms with van der Waals surface area (Å²) in [5.41, 5.74) is -1.88. The zero-order chi connectivity index (χ0) is 31.9. The molecule has 4 aliphatic rings. The van der Waals surface area contributed by atoms with Crippen LogP contribution >= 0.6 is 0 Å². The van der Waals surface area contributed by atoms with Crippen LogP contribution in [-0.2, 0) is 9.59 Å². The average molecular weight is 618 g/mol. The van der Waals surface area contributed by atoms with E-state index < -0.39 is 53.6 Å². The maximum Gasteiger partial charge on any atom is 0.309 e. The molecular formula is C32H41F2N3O7. The molecule has 0 aromatic heterocycles. The van der Waals surface area contributed by atoms with Crippen molar-refractivity contribution in [3.63, 3.8) is 0 Å². The molecule has 2 bridgehead atoms. The number of fused-ring (bicyclic) bond motifs is 2. The number of carboxylic acids is 1. The number of alkyl halides is 2. The van der Waals surface area contributed by atoms with Crippen molar-refractivity contribution in [3.8, 4) is 17.6 Å². The van der Waals surface area contributed by atoms with E-state index in [4.69, 9.17) is 9.47 Å². The molecule has 240 valence electrons. The van der Waals surface area contributed by atoms with Crippen molar-refractivity contribution in [1.29, 1.82) is 5.26 Å². The monoisotopic (exact) mass is 617 g/mol. The van der Waals surface area contributed by atoms with Crippen molar-refractivity contribution in [2.45, 2.75) is 101 Å². The summed E-state index contributed by atoms with van der Waals surface area (Å²) in [6.07, 6.45) is 2.94. The molecular weight excluding hydrogens is 576 g/mol. The number of rotatable bonds is 9. The fraction of sp³-hybridized carbons (Fsp3) is 0.688. The molecule has 1 aromatic carbocycles. The van der Waals surface area contributed by atoms with E-state index >= 15 is 0 Å². The molecule has 0 radical (unpaired) electrons. The smallest absolute Gasteiger partial charge is 0.309 e. The molecule has 0 aliphatic heterocycles. The molecule has 0 saturated heterocycles. The van der Waals surface area contributed by atoms with E-state index in [1.165, 1.54) is 19.2 Å². The first kappa shape index (κ1) is 31.9. The predicted molar refractivity (Wildman–Crippen MR) is 153 cm³/mol. The summed E-state index contributed by atoms with van der Waals surface area (Å²) in [5, 5.41) is 35.9. The normalized spacial score (nSPS) is 31.9. The van der Waals surface area contributed by atoms with Crippen molar-refractivity contribution in [1.82, 2.24) is 10.6 Å². The molecule has 10 nitrogen and oxygen atoms in total. The Labute approximate surface area is 255 Å². The van der Waals surface area contributed by atoms with Crippen LogP contribution in [0.3, 0.4) is 0 Å². The van der Waals surface area contributed by atoms with Gasteiger partial charge in [-0.1, -0.05) is 0 Å². The second-order valence-electron chi connectivity index (χ2n) is 13.5. The molecule has 0 spiro atoms. The van der Waals surface area contributed by atoms with Gasteiger partial charge in [0, 0.05) is 31.5 Å². The van der Waals surface area contributed by atoms with Crippen molar-refractivity contribution in [2.24, 2.45) is 23.2 Å². The molecule has 0 heterocycles. The number of halogens is 2. The SMILES string of the molecule is COc1cc(C#N)c(OC2CCC(C)(C(=O)O)CC2)cc1C(=O)NC1C2CCC(C2)C1C(=O)NCC1(O)CCC(F)(F)CC1. The number of amides is 2.